The minimum absolute atomic E-state index is 0.0300. The molecule has 10 nitrogen and oxygen atoms in total. The Morgan fingerprint density at radius 2 is 1.82 bits per heavy atom. The van der Waals surface area contributed by atoms with E-state index in [9.17, 15) is 14.4 Å². The molecule has 194 valence electrons. The minimum atomic E-state index is -0.385. The van der Waals surface area contributed by atoms with Crippen LogP contribution in [-0.2, 0) is 7.05 Å². The predicted molar refractivity (Wildman–Crippen MR) is 137 cm³/mol. The van der Waals surface area contributed by atoms with Crippen LogP contribution in [0.5, 0.6) is 0 Å². The van der Waals surface area contributed by atoms with Gasteiger partial charge in [0, 0.05) is 38.1 Å². The lowest BCUT2D eigenvalue weighted by molar-refractivity contribution is 0.109. The summed E-state index contributed by atoms with van der Waals surface area (Å²) in [6.07, 6.45) is 2.12. The number of aryl methyl sites for hydroxylation is 1. The van der Waals surface area contributed by atoms with E-state index >= 15 is 0 Å². The summed E-state index contributed by atoms with van der Waals surface area (Å²) in [4.78, 5) is 30.7. The van der Waals surface area contributed by atoms with Gasteiger partial charge in [-0.05, 0) is 56.5 Å². The number of benzene rings is 1. The van der Waals surface area contributed by atoms with Crippen LogP contribution in [0.4, 0.5) is 10.2 Å². The summed E-state index contributed by atoms with van der Waals surface area (Å²) in [5, 5.41) is 13.7. The molecule has 2 fully saturated rings. The molecule has 11 heteroatoms. The maximum atomic E-state index is 13.8. The van der Waals surface area contributed by atoms with Gasteiger partial charge in [-0.15, -0.1) is 0 Å². The Morgan fingerprint density at radius 3 is 2.53 bits per heavy atom. The molecule has 0 spiro atoms. The molecule has 2 aliphatic rings. The van der Waals surface area contributed by atoms with Gasteiger partial charge in [0.15, 0.2) is 11.6 Å². The second kappa shape index (κ2) is 9.29. The van der Waals surface area contributed by atoms with Crippen molar-refractivity contribution in [3.05, 3.63) is 75.7 Å². The topological polar surface area (TPSA) is 117 Å². The van der Waals surface area contributed by atoms with Crippen LogP contribution in [0.15, 0.2) is 45.7 Å². The first-order chi connectivity index (χ1) is 18.3. The van der Waals surface area contributed by atoms with Crippen molar-refractivity contribution in [2.45, 2.75) is 50.7 Å². The number of aromatic nitrogens is 5. The number of halogens is 1. The molecule has 3 aromatic heterocycles. The fourth-order valence-corrected chi connectivity index (χ4v) is 5.27. The Balaban J connectivity index is 1.38. The van der Waals surface area contributed by atoms with E-state index in [2.05, 4.69) is 44.8 Å². The van der Waals surface area contributed by atoms with E-state index in [0.29, 0.717) is 41.7 Å². The Morgan fingerprint density at radius 1 is 1.05 bits per heavy atom. The zero-order valence-electron chi connectivity index (χ0n) is 21.4. The molecule has 6 rings (SSSR count). The first-order valence-electron chi connectivity index (χ1n) is 12.7. The van der Waals surface area contributed by atoms with Gasteiger partial charge in [-0.1, -0.05) is 17.3 Å². The molecular weight excluding hydrogens is 487 g/mol. The van der Waals surface area contributed by atoms with Crippen LogP contribution < -0.4 is 10.6 Å². The molecule has 1 aliphatic carbocycles. The molecule has 0 radical (unpaired) electrons. The minimum Gasteiger partial charge on any atom is -0.349 e. The summed E-state index contributed by atoms with van der Waals surface area (Å²) in [5.74, 6) is 1.72. The highest BCUT2D eigenvalue weighted by Gasteiger charge is 2.39. The van der Waals surface area contributed by atoms with Crippen LogP contribution in [0.2, 0.25) is 0 Å². The van der Waals surface area contributed by atoms with E-state index in [1.807, 2.05) is 0 Å². The van der Waals surface area contributed by atoms with Gasteiger partial charge in [-0.2, -0.15) is 15.2 Å². The van der Waals surface area contributed by atoms with Gasteiger partial charge in [0.2, 0.25) is 5.89 Å². The van der Waals surface area contributed by atoms with Crippen molar-refractivity contribution in [2.75, 3.05) is 18.0 Å². The van der Waals surface area contributed by atoms with Gasteiger partial charge in [0.05, 0.1) is 5.52 Å². The second-order valence-electron chi connectivity index (χ2n) is 10.2. The van der Waals surface area contributed by atoms with Gasteiger partial charge in [-0.3, -0.25) is 9.47 Å². The van der Waals surface area contributed by atoms with E-state index in [-0.39, 0.29) is 35.3 Å². The first-order valence-corrected chi connectivity index (χ1v) is 12.7. The summed E-state index contributed by atoms with van der Waals surface area (Å²) >= 11 is 0. The van der Waals surface area contributed by atoms with E-state index < -0.39 is 0 Å². The van der Waals surface area contributed by atoms with Crippen LogP contribution in [0.25, 0.3) is 11.0 Å². The van der Waals surface area contributed by atoms with E-state index in [0.717, 1.165) is 24.2 Å². The summed E-state index contributed by atoms with van der Waals surface area (Å²) in [6.45, 7) is 5.27. The number of rotatable bonds is 5. The third-order valence-corrected chi connectivity index (χ3v) is 7.51. The van der Waals surface area contributed by atoms with Crippen LogP contribution in [0, 0.1) is 17.1 Å². The van der Waals surface area contributed by atoms with Crippen molar-refractivity contribution < 1.29 is 8.91 Å². The number of hydrogen-bond donors (Lipinski definition) is 0. The number of hydrogen-bond acceptors (Lipinski definition) is 9. The van der Waals surface area contributed by atoms with Gasteiger partial charge in [0.1, 0.15) is 29.1 Å². The zero-order valence-corrected chi connectivity index (χ0v) is 21.4. The van der Waals surface area contributed by atoms with Crippen molar-refractivity contribution in [3.8, 4) is 6.07 Å². The highest BCUT2D eigenvalue weighted by Crippen LogP contribution is 2.40. The van der Waals surface area contributed by atoms with E-state index in [4.69, 9.17) is 9.51 Å². The summed E-state index contributed by atoms with van der Waals surface area (Å²) in [6, 6.07) is 11.4. The van der Waals surface area contributed by atoms with Crippen molar-refractivity contribution in [1.82, 2.24) is 29.6 Å². The number of pyridine rings is 1. The number of fused-ring (bicyclic) bond motifs is 1. The van der Waals surface area contributed by atoms with Gasteiger partial charge < -0.3 is 9.42 Å². The van der Waals surface area contributed by atoms with Crippen LogP contribution >= 0.6 is 0 Å². The largest absolute Gasteiger partial charge is 0.349 e. The Labute approximate surface area is 218 Å². The maximum Gasteiger partial charge on any atom is 0.349 e. The fraction of sp³-hybridized carbons (Fsp3) is 0.407. The molecule has 38 heavy (non-hydrogen) atoms. The predicted octanol–water partition coefficient (Wildman–Crippen LogP) is 3.29. The van der Waals surface area contributed by atoms with E-state index in [1.54, 1.807) is 31.3 Å². The van der Waals surface area contributed by atoms with Gasteiger partial charge in [-0.25, -0.2) is 14.2 Å². The molecule has 0 N–H and O–H groups in total. The molecule has 1 aromatic carbocycles. The third-order valence-electron chi connectivity index (χ3n) is 7.51. The smallest absolute Gasteiger partial charge is 0.349 e. The van der Waals surface area contributed by atoms with Crippen molar-refractivity contribution in [2.24, 2.45) is 7.05 Å². The first kappa shape index (κ1) is 24.2. The number of anilines is 1. The Hall–Kier alpha value is -4.17. The third kappa shape index (κ3) is 4.20. The monoisotopic (exact) mass is 514 g/mol. The van der Waals surface area contributed by atoms with Gasteiger partial charge >= 0.3 is 5.69 Å². The summed E-state index contributed by atoms with van der Waals surface area (Å²) < 4.78 is 21.0. The highest BCUT2D eigenvalue weighted by atomic mass is 19.1. The Kier molecular flexibility index (Phi) is 5.91. The molecule has 1 saturated carbocycles. The number of nitrogens with zero attached hydrogens (tertiary/aromatic N) is 8. The SMILES string of the molecule is CC1CN(c2nc(=O)n(C)c3ccc(C#N)nc23)[C@@H](C)CN1C(c1ccc(F)cc1)c1nc(C2CC2)no1. The lowest BCUT2D eigenvalue weighted by atomic mass is 9.99. The molecule has 1 saturated heterocycles. The molecule has 4 aromatic rings. The summed E-state index contributed by atoms with van der Waals surface area (Å²) in [7, 11) is 1.65. The summed E-state index contributed by atoms with van der Waals surface area (Å²) in [5.41, 5.74) is 1.87. The van der Waals surface area contributed by atoms with Crippen LogP contribution in [0.1, 0.15) is 61.6 Å². The maximum absolute atomic E-state index is 13.8. The number of piperazine rings is 1. The molecule has 0 amide bonds. The van der Waals surface area contributed by atoms with Crippen molar-refractivity contribution in [3.63, 3.8) is 0 Å². The average Bonchev–Trinajstić information content (AvgIpc) is 3.66. The molecule has 2 unspecified atom stereocenters. The average molecular weight is 515 g/mol. The normalized spacial score (nSPS) is 21.0. The second-order valence-corrected chi connectivity index (χ2v) is 10.2. The fourth-order valence-electron chi connectivity index (χ4n) is 5.27. The molecule has 1 aliphatic heterocycles. The molecule has 3 atom stereocenters. The lowest BCUT2D eigenvalue weighted by Crippen LogP contribution is -2.58. The quantitative estimate of drug-likeness (QED) is 0.395. The number of nitriles is 1. The standard InChI is InChI=1S/C27H27FN8O2/c1-15-14-36(25-22-21(34(3)27(37)32-25)11-10-20(12-29)30-22)16(2)13-35(15)23(17-6-8-19(28)9-7-17)26-31-24(33-38-26)18-4-5-18/h6-11,15-16,18,23H,4-5,13-14H2,1-3H3/t15?,16-,23?/m0/s1. The molecule has 0 bridgehead atoms. The van der Waals surface area contributed by atoms with Crippen molar-refractivity contribution >= 4 is 16.9 Å². The van der Waals surface area contributed by atoms with E-state index in [1.165, 1.54) is 16.7 Å². The van der Waals surface area contributed by atoms with Crippen molar-refractivity contribution in [1.29, 1.82) is 5.26 Å². The molecule has 4 heterocycles. The van der Waals surface area contributed by atoms with Crippen LogP contribution in [0.3, 0.4) is 0 Å². The zero-order chi connectivity index (χ0) is 26.6. The van der Waals surface area contributed by atoms with Gasteiger partial charge in [0.25, 0.3) is 0 Å². The molecular formula is C27H27FN8O2. The Bertz CT molecular complexity index is 1600. The highest BCUT2D eigenvalue weighted by molar-refractivity contribution is 5.86. The van der Waals surface area contributed by atoms with Crippen LogP contribution in [-0.4, -0.2) is 54.7 Å². The lowest BCUT2D eigenvalue weighted by Gasteiger charge is -2.47.